The summed E-state index contributed by atoms with van der Waals surface area (Å²) in [5.74, 6) is -0.153. The Kier molecular flexibility index (Phi) is 11.0. The maximum atomic E-state index is 14.1. The molecule has 0 aromatic heterocycles. The van der Waals surface area contributed by atoms with Crippen molar-refractivity contribution in [1.29, 1.82) is 0 Å². The average Bonchev–Trinajstić information content (AvgIpc) is 3.03. The van der Waals surface area contributed by atoms with Gasteiger partial charge in [-0.3, -0.25) is 14.9 Å². The van der Waals surface area contributed by atoms with Crippen LogP contribution in [0.3, 0.4) is 0 Å². The molecule has 0 saturated heterocycles. The van der Waals surface area contributed by atoms with Crippen LogP contribution in [0.4, 0.5) is 21.9 Å². The fraction of sp³-hybridized carbons (Fsp3) is 0.375. The third kappa shape index (κ3) is 7.17. The topological polar surface area (TPSA) is 176 Å². The molecule has 246 valence electrons. The normalized spacial score (nSPS) is 13.0. The molecule has 0 heterocycles. The highest BCUT2D eigenvalue weighted by molar-refractivity contribution is 7.27. The highest BCUT2D eigenvalue weighted by atomic mass is 31.0. The highest BCUT2D eigenvalue weighted by Gasteiger charge is 2.42. The number of ether oxygens (including phenoxy) is 2. The van der Waals surface area contributed by atoms with Gasteiger partial charge < -0.3 is 40.5 Å². The molecule has 1 aliphatic carbocycles. The number of aliphatic hydroxyl groups is 1. The van der Waals surface area contributed by atoms with E-state index in [-0.39, 0.29) is 54.8 Å². The number of benzene rings is 3. The van der Waals surface area contributed by atoms with Crippen LogP contribution in [0.25, 0.3) is 0 Å². The number of ketones is 1. The lowest BCUT2D eigenvalue weighted by molar-refractivity contribution is -0.384. The van der Waals surface area contributed by atoms with E-state index in [1.807, 2.05) is 26.0 Å². The number of phenolic OH excluding ortho intramolecular Hbond substituents is 1. The van der Waals surface area contributed by atoms with E-state index in [0.717, 1.165) is 22.1 Å². The van der Waals surface area contributed by atoms with Crippen LogP contribution in [0.15, 0.2) is 42.5 Å². The van der Waals surface area contributed by atoms with Gasteiger partial charge in [0, 0.05) is 68.2 Å². The summed E-state index contributed by atoms with van der Waals surface area (Å²) in [5, 5.41) is 41.6. The van der Waals surface area contributed by atoms with E-state index >= 15 is 0 Å². The van der Waals surface area contributed by atoms with Gasteiger partial charge in [-0.2, -0.15) is 0 Å². The summed E-state index contributed by atoms with van der Waals surface area (Å²) in [4.78, 5) is 38.7. The smallest absolute Gasteiger partial charge is 0.409 e. The fourth-order valence-electron chi connectivity index (χ4n) is 5.70. The second-order valence-electron chi connectivity index (χ2n) is 11.3. The van der Waals surface area contributed by atoms with Crippen LogP contribution in [-0.2, 0) is 16.8 Å². The number of aliphatic hydroxyl groups excluding tert-OH is 1. The number of amides is 1. The van der Waals surface area contributed by atoms with E-state index in [2.05, 4.69) is 25.2 Å². The Bertz CT molecular complexity index is 1630. The number of hydrogen-bond donors (Lipinski definition) is 5. The number of nitrogens with one attached hydrogen (secondary N) is 3. The molecule has 1 aliphatic rings. The van der Waals surface area contributed by atoms with E-state index in [0.29, 0.717) is 36.4 Å². The lowest BCUT2D eigenvalue weighted by Gasteiger charge is -2.38. The van der Waals surface area contributed by atoms with Crippen molar-refractivity contribution in [2.45, 2.75) is 25.9 Å². The van der Waals surface area contributed by atoms with Gasteiger partial charge in [0.25, 0.3) is 5.69 Å². The van der Waals surface area contributed by atoms with Crippen LogP contribution in [0, 0.1) is 10.1 Å². The summed E-state index contributed by atoms with van der Waals surface area (Å²) < 4.78 is 10.6. The van der Waals surface area contributed by atoms with Gasteiger partial charge in [-0.15, -0.1) is 9.24 Å². The third-order valence-electron chi connectivity index (χ3n) is 7.94. The first-order chi connectivity index (χ1) is 21.9. The molecular weight excluding hydrogens is 613 g/mol. The number of carbonyl (C=O) groups is 2. The maximum absolute atomic E-state index is 14.1. The van der Waals surface area contributed by atoms with Crippen molar-refractivity contribution < 1.29 is 34.2 Å². The number of rotatable bonds is 14. The van der Waals surface area contributed by atoms with Crippen molar-refractivity contribution in [1.82, 2.24) is 10.2 Å². The van der Waals surface area contributed by atoms with Gasteiger partial charge in [0.05, 0.1) is 35.8 Å². The zero-order valence-corrected chi connectivity index (χ0v) is 27.5. The molecule has 0 fully saturated rings. The van der Waals surface area contributed by atoms with Crippen molar-refractivity contribution in [2.75, 3.05) is 64.1 Å². The number of anilines is 2. The van der Waals surface area contributed by atoms with Crippen molar-refractivity contribution >= 4 is 43.5 Å². The van der Waals surface area contributed by atoms with Gasteiger partial charge in [-0.05, 0) is 40.7 Å². The third-order valence-corrected chi connectivity index (χ3v) is 8.42. The van der Waals surface area contributed by atoms with Gasteiger partial charge in [-0.1, -0.05) is 19.9 Å². The first-order valence-corrected chi connectivity index (χ1v) is 15.3. The molecule has 5 N–H and O–H groups in total. The molecule has 13 nitrogen and oxygen atoms in total. The molecule has 0 spiro atoms. The predicted molar refractivity (Wildman–Crippen MR) is 179 cm³/mol. The summed E-state index contributed by atoms with van der Waals surface area (Å²) in [6, 6.07) is 11.1. The van der Waals surface area contributed by atoms with Crippen LogP contribution in [0.5, 0.6) is 11.5 Å². The van der Waals surface area contributed by atoms with Crippen LogP contribution >= 0.6 is 9.24 Å². The van der Waals surface area contributed by atoms with Crippen LogP contribution in [-0.4, -0.2) is 85.4 Å². The van der Waals surface area contributed by atoms with Gasteiger partial charge in [0.2, 0.25) is 0 Å². The first kappa shape index (κ1) is 34.4. The number of methoxy groups -OCH3 is 1. The summed E-state index contributed by atoms with van der Waals surface area (Å²) in [6.07, 6.45) is -0.609. The van der Waals surface area contributed by atoms with Crippen molar-refractivity contribution in [3.05, 3.63) is 80.4 Å². The molecule has 0 aliphatic heterocycles. The Balaban J connectivity index is 1.51. The zero-order chi connectivity index (χ0) is 33.6. The van der Waals surface area contributed by atoms with E-state index in [4.69, 9.17) is 14.6 Å². The molecule has 46 heavy (non-hydrogen) atoms. The number of fused-ring (bicyclic) bond motifs is 2. The molecule has 3 aromatic rings. The number of non-ortho nitro benzene ring substituents is 1. The van der Waals surface area contributed by atoms with E-state index in [9.17, 15) is 24.8 Å². The molecular formula is C32H40N5O8P. The lowest BCUT2D eigenvalue weighted by Crippen LogP contribution is -2.37. The highest BCUT2D eigenvalue weighted by Crippen LogP contribution is 2.48. The van der Waals surface area contributed by atoms with Crippen LogP contribution in [0.2, 0.25) is 0 Å². The Morgan fingerprint density at radius 2 is 1.74 bits per heavy atom. The largest absolute Gasteiger partial charge is 0.507 e. The molecule has 0 bridgehead atoms. The zero-order valence-electron chi connectivity index (χ0n) is 26.3. The number of carbonyl (C=O) groups excluding carboxylic acids is 2. The minimum atomic E-state index is -0.660. The molecule has 1 atom stereocenters. The minimum Gasteiger partial charge on any atom is -0.507 e. The fourth-order valence-corrected chi connectivity index (χ4v) is 6.30. The summed E-state index contributed by atoms with van der Waals surface area (Å²) in [6.45, 7) is 6.10. The average molecular weight is 654 g/mol. The number of nitro benzene ring substituents is 1. The molecule has 0 radical (unpaired) electrons. The Labute approximate surface area is 269 Å². The molecule has 4 rings (SSSR count). The standard InChI is InChI=1S/C32H40N5O8P/c1-32(2)28-22(34-12-11-33-14-16-38)8-7-21(26(28)30(40)27-23(39)9-10-25(46)29(27)32)35-13-15-36(3)31(41)45-18-19-5-6-20(37(42)43)17-24(19)44-4/h5-10,17,33-35,38-39H,11-16,18,46H2,1-4H3. The predicted octanol–water partition coefficient (Wildman–Crippen LogP) is 3.35. The van der Waals surface area contributed by atoms with Gasteiger partial charge in [0.1, 0.15) is 18.1 Å². The van der Waals surface area contributed by atoms with E-state index < -0.39 is 16.4 Å². The first-order valence-electron chi connectivity index (χ1n) is 14.7. The minimum absolute atomic E-state index is 0.0377. The monoisotopic (exact) mass is 653 g/mol. The SMILES string of the molecule is COc1cc([N+](=O)[O-])ccc1COC(=O)N(C)CCNc1ccc(NCCNCCO)c2c1C(=O)c1c(O)ccc(P)c1C2(C)C. The lowest BCUT2D eigenvalue weighted by atomic mass is 9.67. The number of phenols is 1. The molecule has 1 unspecified atom stereocenters. The quantitative estimate of drug-likeness (QED) is 0.0747. The van der Waals surface area contributed by atoms with Crippen molar-refractivity contribution in [2.24, 2.45) is 0 Å². The summed E-state index contributed by atoms with van der Waals surface area (Å²) in [5.41, 5.74) is 3.26. The molecule has 3 aromatic carbocycles. The summed E-state index contributed by atoms with van der Waals surface area (Å²) in [7, 11) is 5.63. The second kappa shape index (κ2) is 14.8. The molecule has 1 amide bonds. The van der Waals surface area contributed by atoms with Gasteiger partial charge in [-0.25, -0.2) is 4.79 Å². The van der Waals surface area contributed by atoms with Gasteiger partial charge >= 0.3 is 6.09 Å². The van der Waals surface area contributed by atoms with Crippen molar-refractivity contribution in [3.8, 4) is 11.5 Å². The van der Waals surface area contributed by atoms with Crippen LogP contribution < -0.4 is 26.0 Å². The second-order valence-corrected chi connectivity index (χ2v) is 12.0. The summed E-state index contributed by atoms with van der Waals surface area (Å²) >= 11 is 0. The number of nitro groups is 1. The van der Waals surface area contributed by atoms with Crippen LogP contribution in [0.1, 0.15) is 46.5 Å². The number of likely N-dealkylation sites (N-methyl/N-ethyl adjacent to an activating group) is 1. The number of aromatic hydroxyl groups is 1. The maximum Gasteiger partial charge on any atom is 0.409 e. The number of hydrogen-bond acceptors (Lipinski definition) is 11. The van der Waals surface area contributed by atoms with E-state index in [1.165, 1.54) is 36.3 Å². The Morgan fingerprint density at radius 1 is 1.02 bits per heavy atom. The molecule has 0 saturated carbocycles. The Hall–Kier alpha value is -4.45. The van der Waals surface area contributed by atoms with Gasteiger partial charge in [0.15, 0.2) is 5.78 Å². The molecule has 14 heteroatoms. The Morgan fingerprint density at radius 3 is 2.43 bits per heavy atom. The van der Waals surface area contributed by atoms with Crippen molar-refractivity contribution in [3.63, 3.8) is 0 Å². The van der Waals surface area contributed by atoms with E-state index in [1.54, 1.807) is 13.1 Å². The number of nitrogens with zero attached hydrogens (tertiary/aromatic N) is 2.